The lowest BCUT2D eigenvalue weighted by atomic mass is 10.1. The quantitative estimate of drug-likeness (QED) is 0.0525. The number of hydrogen-bond donors (Lipinski definition) is 6. The monoisotopic (exact) mass is 516 g/mol. The van der Waals surface area contributed by atoms with Gasteiger partial charge in [0.2, 0.25) is 5.91 Å². The largest absolute Gasteiger partial charge is 0.461 e. The van der Waals surface area contributed by atoms with Crippen molar-refractivity contribution in [2.75, 3.05) is 17.6 Å². The normalized spacial score (nSPS) is 11.1. The average Bonchev–Trinajstić information content (AvgIpc) is 2.78. The van der Waals surface area contributed by atoms with Crippen molar-refractivity contribution in [3.8, 4) is 0 Å². The van der Waals surface area contributed by atoms with Crippen LogP contribution in [0.25, 0.3) is 0 Å². The number of nitrogens with two attached hydrogens (primary N) is 5. The summed E-state index contributed by atoms with van der Waals surface area (Å²) in [6.45, 7) is 2.07. The molecule has 13 nitrogen and oxygen atoms in total. The summed E-state index contributed by atoms with van der Waals surface area (Å²) < 4.78 is 5.31. The van der Waals surface area contributed by atoms with E-state index in [4.69, 9.17) is 33.6 Å². The molecule has 198 valence electrons. The predicted molar refractivity (Wildman–Crippen MR) is 134 cm³/mol. The minimum Gasteiger partial charge on any atom is -0.461 e. The molecule has 0 radical (unpaired) electrons. The standard InChI is InChI=1S/C21H36N8O5.ClH/c1-2-3-4-11-18(30)34-13-14-15(22)8-7-9-16(14)27-19(31)17(29(26)21(24)33)10-5-6-12-28(25)20(23)32;/h7-9,17H,2-6,10-13,22,25-26H2,1H3,(H2,23,32)(H2,24,33)(H,27,31);1H/t17-;/m0./s1. The summed E-state index contributed by atoms with van der Waals surface area (Å²) in [7, 11) is 0. The molecule has 0 aliphatic carbocycles. The summed E-state index contributed by atoms with van der Waals surface area (Å²) in [5, 5.41) is 4.15. The number of urea groups is 2. The van der Waals surface area contributed by atoms with Crippen LogP contribution in [0.5, 0.6) is 0 Å². The molecule has 0 heterocycles. The highest BCUT2D eigenvalue weighted by Crippen LogP contribution is 2.24. The molecule has 11 N–H and O–H groups in total. The molecule has 5 amide bonds. The highest BCUT2D eigenvalue weighted by atomic mass is 35.5. The van der Waals surface area contributed by atoms with Crippen molar-refractivity contribution in [2.45, 2.75) is 64.5 Å². The number of anilines is 2. The number of esters is 1. The first-order valence-corrected chi connectivity index (χ1v) is 11.1. The number of carbonyl (C=O) groups excluding carboxylic acids is 4. The Balaban J connectivity index is 0.0000116. The third kappa shape index (κ3) is 11.1. The number of nitrogens with zero attached hydrogens (tertiary/aromatic N) is 2. The van der Waals surface area contributed by atoms with Gasteiger partial charge in [0.25, 0.3) is 0 Å². The van der Waals surface area contributed by atoms with Crippen molar-refractivity contribution in [3.05, 3.63) is 23.8 Å². The topological polar surface area (TPSA) is 226 Å². The van der Waals surface area contributed by atoms with Crippen molar-refractivity contribution in [3.63, 3.8) is 0 Å². The lowest BCUT2D eigenvalue weighted by Gasteiger charge is -2.26. The number of rotatable bonds is 14. The van der Waals surface area contributed by atoms with Crippen molar-refractivity contribution in [1.82, 2.24) is 10.0 Å². The number of amides is 5. The molecule has 1 aromatic carbocycles. The van der Waals surface area contributed by atoms with Gasteiger partial charge in [0.15, 0.2) is 0 Å². The van der Waals surface area contributed by atoms with Crippen molar-refractivity contribution in [2.24, 2.45) is 23.2 Å². The molecule has 0 unspecified atom stereocenters. The molecule has 0 aromatic heterocycles. The van der Waals surface area contributed by atoms with E-state index < -0.39 is 24.0 Å². The van der Waals surface area contributed by atoms with Crippen LogP contribution < -0.4 is 34.2 Å². The summed E-state index contributed by atoms with van der Waals surface area (Å²) in [5.41, 5.74) is 17.4. The Hall–Kier alpha value is -3.29. The predicted octanol–water partition coefficient (Wildman–Crippen LogP) is 1.30. The first-order chi connectivity index (χ1) is 16.1. The molecule has 1 aromatic rings. The fourth-order valence-corrected chi connectivity index (χ4v) is 3.12. The third-order valence-corrected chi connectivity index (χ3v) is 5.13. The highest BCUT2D eigenvalue weighted by molar-refractivity contribution is 5.97. The van der Waals surface area contributed by atoms with Crippen LogP contribution in [0, 0.1) is 0 Å². The zero-order chi connectivity index (χ0) is 25.7. The first kappa shape index (κ1) is 31.7. The number of halogens is 1. The Labute approximate surface area is 211 Å². The molecule has 14 heteroatoms. The van der Waals surface area contributed by atoms with Crippen LogP contribution in [0.3, 0.4) is 0 Å². The maximum Gasteiger partial charge on any atom is 0.329 e. The van der Waals surface area contributed by atoms with Crippen LogP contribution in [0.15, 0.2) is 18.2 Å². The van der Waals surface area contributed by atoms with E-state index in [-0.39, 0.29) is 37.9 Å². The molecular weight excluding hydrogens is 480 g/mol. The van der Waals surface area contributed by atoms with Gasteiger partial charge < -0.3 is 27.3 Å². The maximum atomic E-state index is 13.0. The van der Waals surface area contributed by atoms with E-state index in [1.54, 1.807) is 18.2 Å². The number of nitrogens with one attached hydrogen (secondary N) is 1. The van der Waals surface area contributed by atoms with Gasteiger partial charge in [-0.3, -0.25) is 19.6 Å². The first-order valence-electron chi connectivity index (χ1n) is 11.1. The Bertz CT molecular complexity index is 857. The van der Waals surface area contributed by atoms with Gasteiger partial charge in [-0.1, -0.05) is 25.8 Å². The Kier molecular flexibility index (Phi) is 14.8. The minimum atomic E-state index is -1.11. The van der Waals surface area contributed by atoms with E-state index >= 15 is 0 Å². The summed E-state index contributed by atoms with van der Waals surface area (Å²) >= 11 is 0. The van der Waals surface area contributed by atoms with E-state index in [0.29, 0.717) is 41.2 Å². The zero-order valence-corrected chi connectivity index (χ0v) is 20.7. The maximum absolute atomic E-state index is 13.0. The summed E-state index contributed by atoms with van der Waals surface area (Å²) in [6, 6.07) is 1.95. The molecule has 1 atom stereocenters. The molecule has 0 aliphatic heterocycles. The minimum absolute atomic E-state index is 0. The van der Waals surface area contributed by atoms with Gasteiger partial charge in [-0.25, -0.2) is 21.3 Å². The number of unbranched alkanes of at least 4 members (excludes halogenated alkanes) is 3. The second-order valence-electron chi connectivity index (χ2n) is 7.77. The lowest BCUT2D eigenvalue weighted by molar-refractivity contribution is -0.145. The number of ether oxygens (including phenoxy) is 1. The van der Waals surface area contributed by atoms with Crippen LogP contribution in [0.2, 0.25) is 0 Å². The van der Waals surface area contributed by atoms with Crippen molar-refractivity contribution in [1.29, 1.82) is 0 Å². The van der Waals surface area contributed by atoms with Gasteiger partial charge in [-0.15, -0.1) is 12.4 Å². The molecule has 35 heavy (non-hydrogen) atoms. The highest BCUT2D eigenvalue weighted by Gasteiger charge is 2.27. The third-order valence-electron chi connectivity index (χ3n) is 5.13. The molecule has 0 aliphatic rings. The van der Waals surface area contributed by atoms with Crippen LogP contribution in [-0.2, 0) is 20.9 Å². The van der Waals surface area contributed by atoms with Crippen LogP contribution in [0.1, 0.15) is 57.4 Å². The van der Waals surface area contributed by atoms with Crippen LogP contribution in [0.4, 0.5) is 21.0 Å². The van der Waals surface area contributed by atoms with Gasteiger partial charge >= 0.3 is 18.0 Å². The van der Waals surface area contributed by atoms with Gasteiger partial charge in [0, 0.05) is 29.9 Å². The molecule has 0 bridgehead atoms. The summed E-state index contributed by atoms with van der Waals surface area (Å²) in [6.07, 6.45) is 3.86. The second kappa shape index (κ2) is 16.4. The molecule has 0 spiro atoms. The Morgan fingerprint density at radius 3 is 2.31 bits per heavy atom. The van der Waals surface area contributed by atoms with E-state index in [2.05, 4.69) is 5.32 Å². The molecular formula is C21H37ClN8O5. The van der Waals surface area contributed by atoms with Crippen molar-refractivity contribution >= 4 is 47.7 Å². The van der Waals surface area contributed by atoms with Crippen LogP contribution in [-0.4, -0.2) is 46.5 Å². The number of hydrogen-bond acceptors (Lipinski definition) is 8. The Morgan fingerprint density at radius 1 is 1.03 bits per heavy atom. The Morgan fingerprint density at radius 2 is 1.71 bits per heavy atom. The number of hydrazine groups is 2. The number of nitrogen functional groups attached to an aromatic ring is 1. The van der Waals surface area contributed by atoms with Gasteiger partial charge in [-0.2, -0.15) is 0 Å². The molecule has 0 saturated carbocycles. The second-order valence-corrected chi connectivity index (χ2v) is 7.77. The number of carbonyl (C=O) groups is 4. The molecule has 1 rings (SSSR count). The molecule has 0 saturated heterocycles. The van der Waals surface area contributed by atoms with E-state index in [1.165, 1.54) is 0 Å². The van der Waals surface area contributed by atoms with Gasteiger partial charge in [0.1, 0.15) is 12.6 Å². The van der Waals surface area contributed by atoms with E-state index in [0.717, 1.165) is 24.3 Å². The lowest BCUT2D eigenvalue weighted by Crippen LogP contribution is -2.53. The van der Waals surface area contributed by atoms with Crippen molar-refractivity contribution < 1.29 is 23.9 Å². The number of benzene rings is 1. The van der Waals surface area contributed by atoms with Gasteiger partial charge in [0.05, 0.1) is 0 Å². The smallest absolute Gasteiger partial charge is 0.329 e. The van der Waals surface area contributed by atoms with E-state index in [9.17, 15) is 19.2 Å². The van der Waals surface area contributed by atoms with Gasteiger partial charge in [-0.05, 0) is 37.8 Å². The number of primary amides is 2. The molecule has 0 fully saturated rings. The summed E-state index contributed by atoms with van der Waals surface area (Å²) in [4.78, 5) is 47.5. The zero-order valence-electron chi connectivity index (χ0n) is 19.9. The average molecular weight is 517 g/mol. The fraction of sp³-hybridized carbons (Fsp3) is 0.524. The van der Waals surface area contributed by atoms with E-state index in [1.807, 2.05) is 6.92 Å². The van der Waals surface area contributed by atoms with Crippen LogP contribution >= 0.6 is 12.4 Å². The fourth-order valence-electron chi connectivity index (χ4n) is 3.12. The summed E-state index contributed by atoms with van der Waals surface area (Å²) in [5.74, 6) is 10.2. The SMILES string of the molecule is CCCCCC(=O)OCc1c(N)cccc1NC(=O)[C@H](CCCCN(N)C(N)=O)N(N)C(N)=O.Cl.